The minimum Gasteiger partial charge on any atom is -0.312 e. The van der Waals surface area contributed by atoms with Gasteiger partial charge in [0.15, 0.2) is 0 Å². The number of hydrogen-bond donors (Lipinski definition) is 1. The minimum atomic E-state index is -3.56. The molecule has 3 rings (SSSR count). The van der Waals surface area contributed by atoms with E-state index in [2.05, 4.69) is 15.5 Å². The summed E-state index contributed by atoms with van der Waals surface area (Å²) in [6.45, 7) is 8.56. The summed E-state index contributed by atoms with van der Waals surface area (Å²) in [5.41, 5.74) is 0.566. The molecule has 1 aliphatic rings. The summed E-state index contributed by atoms with van der Waals surface area (Å²) in [6, 6.07) is 6.21. The Morgan fingerprint density at radius 3 is 2.42 bits per heavy atom. The largest absolute Gasteiger partial charge is 0.312 e. The zero-order valence-electron chi connectivity index (χ0n) is 18.0. The first-order valence-electron chi connectivity index (χ1n) is 10.2. The molecule has 1 saturated heterocycles. The lowest BCUT2D eigenvalue weighted by Crippen LogP contribution is -2.31. The number of rotatable bonds is 8. The fourth-order valence-corrected chi connectivity index (χ4v) is 5.58. The Morgan fingerprint density at radius 1 is 1.23 bits per heavy atom. The van der Waals surface area contributed by atoms with Crippen molar-refractivity contribution in [3.8, 4) is 0 Å². The lowest BCUT2D eigenvalue weighted by atomic mass is 10.1. The molecule has 1 atom stereocenters. The van der Waals surface area contributed by atoms with Gasteiger partial charge < -0.3 is 10.2 Å². The molecule has 2 heterocycles. The highest BCUT2D eigenvalue weighted by atomic mass is 32.2. The highest BCUT2D eigenvalue weighted by Crippen LogP contribution is 2.29. The molecular weight excluding hydrogens is 438 g/mol. The molecule has 168 valence electrons. The zero-order chi connectivity index (χ0) is 22.8. The number of sulfonamides is 1. The molecule has 0 radical (unpaired) electrons. The molecule has 0 unspecified atom stereocenters. The fraction of sp³-hybridized carbons (Fsp3) is 0.500. The van der Waals surface area contributed by atoms with E-state index >= 15 is 0 Å². The van der Waals surface area contributed by atoms with Gasteiger partial charge in [-0.3, -0.25) is 9.59 Å². The summed E-state index contributed by atoms with van der Waals surface area (Å²) in [5, 5.41) is 12.0. The van der Waals surface area contributed by atoms with E-state index in [0.29, 0.717) is 23.9 Å². The third-order valence-corrected chi connectivity index (χ3v) is 8.36. The third-order valence-electron chi connectivity index (χ3n) is 5.15. The van der Waals surface area contributed by atoms with Gasteiger partial charge in [-0.05, 0) is 24.3 Å². The van der Waals surface area contributed by atoms with Crippen LogP contribution in [-0.2, 0) is 19.6 Å². The van der Waals surface area contributed by atoms with Gasteiger partial charge in [0.25, 0.3) is 0 Å². The van der Waals surface area contributed by atoms with Crippen LogP contribution in [0.3, 0.4) is 0 Å². The predicted molar refractivity (Wildman–Crippen MR) is 120 cm³/mol. The van der Waals surface area contributed by atoms with Crippen LogP contribution in [0.2, 0.25) is 0 Å². The van der Waals surface area contributed by atoms with E-state index in [1.807, 2.05) is 13.8 Å². The SMILES string of the molecule is CCN(CC)S(=O)(=O)c1ccc(N2C[C@H](C(=O)Nc3nnc(C(C)C)s3)CC2=O)cc1. The first-order chi connectivity index (χ1) is 14.7. The number of amides is 2. The average molecular weight is 466 g/mol. The summed E-state index contributed by atoms with van der Waals surface area (Å²) in [4.78, 5) is 26.8. The monoisotopic (exact) mass is 465 g/mol. The molecule has 0 bridgehead atoms. The molecule has 1 aliphatic heterocycles. The van der Waals surface area contributed by atoms with Crippen LogP contribution in [0.25, 0.3) is 0 Å². The molecule has 1 aromatic heterocycles. The second-order valence-electron chi connectivity index (χ2n) is 7.58. The van der Waals surface area contributed by atoms with Crippen molar-refractivity contribution in [2.24, 2.45) is 5.92 Å². The molecule has 1 fully saturated rings. The quantitative estimate of drug-likeness (QED) is 0.641. The van der Waals surface area contributed by atoms with Gasteiger partial charge in [0.2, 0.25) is 27.0 Å². The molecule has 0 aliphatic carbocycles. The van der Waals surface area contributed by atoms with E-state index in [4.69, 9.17) is 0 Å². The molecule has 0 saturated carbocycles. The van der Waals surface area contributed by atoms with Crippen LogP contribution < -0.4 is 10.2 Å². The number of carbonyl (C=O) groups is 2. The van der Waals surface area contributed by atoms with E-state index in [0.717, 1.165) is 5.01 Å². The van der Waals surface area contributed by atoms with Gasteiger partial charge in [-0.15, -0.1) is 10.2 Å². The second-order valence-corrected chi connectivity index (χ2v) is 10.5. The second kappa shape index (κ2) is 9.41. The van der Waals surface area contributed by atoms with Crippen LogP contribution in [0.15, 0.2) is 29.2 Å². The van der Waals surface area contributed by atoms with Crippen LogP contribution in [0.1, 0.15) is 45.0 Å². The van der Waals surface area contributed by atoms with Crippen molar-refractivity contribution < 1.29 is 18.0 Å². The van der Waals surface area contributed by atoms with Gasteiger partial charge in [-0.1, -0.05) is 39.0 Å². The molecule has 0 spiro atoms. The summed E-state index contributed by atoms with van der Waals surface area (Å²) < 4.78 is 26.6. The van der Waals surface area contributed by atoms with Crippen molar-refractivity contribution in [1.29, 1.82) is 0 Å². The summed E-state index contributed by atoms with van der Waals surface area (Å²) in [7, 11) is -3.56. The maximum Gasteiger partial charge on any atom is 0.243 e. The maximum atomic E-state index is 12.6. The number of nitrogens with zero attached hydrogens (tertiary/aromatic N) is 4. The molecular formula is C20H27N5O4S2. The van der Waals surface area contributed by atoms with E-state index in [1.165, 1.54) is 32.7 Å². The van der Waals surface area contributed by atoms with E-state index in [1.54, 1.807) is 26.0 Å². The Labute approximate surface area is 186 Å². The van der Waals surface area contributed by atoms with Crippen molar-refractivity contribution in [3.63, 3.8) is 0 Å². The highest BCUT2D eigenvalue weighted by molar-refractivity contribution is 7.89. The summed E-state index contributed by atoms with van der Waals surface area (Å²) in [6.07, 6.45) is 0.0845. The minimum absolute atomic E-state index is 0.0845. The number of aromatic nitrogens is 2. The smallest absolute Gasteiger partial charge is 0.243 e. The average Bonchev–Trinajstić information content (AvgIpc) is 3.35. The van der Waals surface area contributed by atoms with Crippen LogP contribution >= 0.6 is 11.3 Å². The van der Waals surface area contributed by atoms with E-state index in [9.17, 15) is 18.0 Å². The first-order valence-corrected chi connectivity index (χ1v) is 12.5. The Morgan fingerprint density at radius 2 is 1.87 bits per heavy atom. The molecule has 9 nitrogen and oxygen atoms in total. The number of carbonyl (C=O) groups excluding carboxylic acids is 2. The standard InChI is InChI=1S/C20H27N5O4S2/c1-5-24(6-2)31(28,29)16-9-7-15(8-10-16)25-12-14(11-17(25)26)18(27)21-20-23-22-19(30-20)13(3)4/h7-10,13-14H,5-6,11-12H2,1-4H3,(H,21,23,27)/t14-/m1/s1. The number of anilines is 2. The fourth-order valence-electron chi connectivity index (χ4n) is 3.37. The van der Waals surface area contributed by atoms with Gasteiger partial charge >= 0.3 is 0 Å². The Bertz CT molecular complexity index is 1050. The molecule has 31 heavy (non-hydrogen) atoms. The maximum absolute atomic E-state index is 12.6. The Balaban J connectivity index is 1.69. The number of benzene rings is 1. The van der Waals surface area contributed by atoms with Crippen LogP contribution in [0.5, 0.6) is 0 Å². The summed E-state index contributed by atoms with van der Waals surface area (Å²) in [5.74, 6) is -0.749. The Hall–Kier alpha value is -2.37. The predicted octanol–water partition coefficient (Wildman–Crippen LogP) is 2.68. The Kier molecular flexibility index (Phi) is 7.07. The van der Waals surface area contributed by atoms with E-state index in [-0.39, 0.29) is 35.6 Å². The van der Waals surface area contributed by atoms with Crippen molar-refractivity contribution in [1.82, 2.24) is 14.5 Å². The van der Waals surface area contributed by atoms with Crippen LogP contribution in [0, 0.1) is 5.92 Å². The van der Waals surface area contributed by atoms with Gasteiger partial charge in [-0.2, -0.15) is 4.31 Å². The van der Waals surface area contributed by atoms with Gasteiger partial charge in [-0.25, -0.2) is 8.42 Å². The summed E-state index contributed by atoms with van der Waals surface area (Å²) >= 11 is 1.32. The molecule has 1 N–H and O–H groups in total. The number of hydrogen-bond acceptors (Lipinski definition) is 7. The topological polar surface area (TPSA) is 113 Å². The van der Waals surface area contributed by atoms with Crippen LogP contribution in [-0.4, -0.2) is 54.4 Å². The first kappa shape index (κ1) is 23.3. The molecule has 1 aromatic carbocycles. The van der Waals surface area contributed by atoms with Gasteiger partial charge in [0, 0.05) is 37.7 Å². The zero-order valence-corrected chi connectivity index (χ0v) is 19.7. The lowest BCUT2D eigenvalue weighted by molar-refractivity contribution is -0.122. The molecule has 2 amide bonds. The van der Waals surface area contributed by atoms with Gasteiger partial charge in [0.05, 0.1) is 10.8 Å². The lowest BCUT2D eigenvalue weighted by Gasteiger charge is -2.20. The van der Waals surface area contributed by atoms with Crippen molar-refractivity contribution in [3.05, 3.63) is 29.3 Å². The molecule has 2 aromatic rings. The van der Waals surface area contributed by atoms with Gasteiger partial charge in [0.1, 0.15) is 5.01 Å². The highest BCUT2D eigenvalue weighted by Gasteiger charge is 2.35. The molecule has 11 heteroatoms. The van der Waals surface area contributed by atoms with Crippen molar-refractivity contribution in [2.75, 3.05) is 29.9 Å². The van der Waals surface area contributed by atoms with Crippen molar-refractivity contribution >= 4 is 44.0 Å². The third kappa shape index (κ3) is 4.94. The van der Waals surface area contributed by atoms with Crippen LogP contribution in [0.4, 0.5) is 10.8 Å². The number of nitrogens with one attached hydrogen (secondary N) is 1. The van der Waals surface area contributed by atoms with E-state index < -0.39 is 15.9 Å². The normalized spacial score (nSPS) is 17.0. The van der Waals surface area contributed by atoms with Crippen molar-refractivity contribution in [2.45, 2.75) is 44.9 Å².